The molecule has 0 bridgehead atoms. The minimum Gasteiger partial charge on any atom is -0.207 e. The molecule has 0 aliphatic heterocycles. The third kappa shape index (κ3) is 3.36. The first-order chi connectivity index (χ1) is 6.22. The van der Waals surface area contributed by atoms with Crippen molar-refractivity contribution >= 4 is 6.08 Å². The molecule has 13 heavy (non-hydrogen) atoms. The predicted molar refractivity (Wildman–Crippen MR) is 50.3 cm³/mol. The van der Waals surface area contributed by atoms with Crippen LogP contribution >= 0.6 is 0 Å². The molecule has 0 amide bonds. The molecule has 0 N–H and O–H groups in total. The largest absolute Gasteiger partial charge is 0.207 e. The van der Waals surface area contributed by atoms with Crippen LogP contribution in [0.25, 0.3) is 6.08 Å². The Labute approximate surface area is 76.9 Å². The SMILES string of the molecule is CCCC=Cc1cc(F)cc(F)c1. The highest BCUT2D eigenvalue weighted by Crippen LogP contribution is 2.09. The number of hydrogen-bond donors (Lipinski definition) is 0. The van der Waals surface area contributed by atoms with Gasteiger partial charge in [0.1, 0.15) is 11.6 Å². The summed E-state index contributed by atoms with van der Waals surface area (Å²) in [6.07, 6.45) is 5.61. The van der Waals surface area contributed by atoms with Crippen LogP contribution in [0, 0.1) is 11.6 Å². The van der Waals surface area contributed by atoms with Gasteiger partial charge < -0.3 is 0 Å². The third-order valence-corrected chi connectivity index (χ3v) is 1.65. The molecule has 0 atom stereocenters. The van der Waals surface area contributed by atoms with E-state index in [0.29, 0.717) is 5.56 Å². The normalized spacial score (nSPS) is 11.0. The fraction of sp³-hybridized carbons (Fsp3) is 0.273. The Bertz CT molecular complexity index is 283. The number of unbranched alkanes of at least 4 members (excludes halogenated alkanes) is 1. The first kappa shape index (κ1) is 9.90. The van der Waals surface area contributed by atoms with Crippen molar-refractivity contribution in [3.05, 3.63) is 41.5 Å². The molecule has 0 heterocycles. The average Bonchev–Trinajstić information content (AvgIpc) is 2.03. The Morgan fingerprint density at radius 1 is 1.15 bits per heavy atom. The quantitative estimate of drug-likeness (QED) is 0.667. The van der Waals surface area contributed by atoms with Gasteiger partial charge in [-0.2, -0.15) is 0 Å². The van der Waals surface area contributed by atoms with Crippen molar-refractivity contribution in [2.75, 3.05) is 0 Å². The van der Waals surface area contributed by atoms with Crippen LogP contribution in [0.4, 0.5) is 8.78 Å². The van der Waals surface area contributed by atoms with Crippen molar-refractivity contribution in [1.82, 2.24) is 0 Å². The molecule has 0 nitrogen and oxygen atoms in total. The zero-order chi connectivity index (χ0) is 9.68. The Balaban J connectivity index is 2.77. The van der Waals surface area contributed by atoms with Gasteiger partial charge in [-0.05, 0) is 24.1 Å². The molecule has 1 aromatic rings. The zero-order valence-electron chi connectivity index (χ0n) is 7.56. The van der Waals surface area contributed by atoms with E-state index < -0.39 is 11.6 Å². The predicted octanol–water partition coefficient (Wildman–Crippen LogP) is 3.78. The van der Waals surface area contributed by atoms with Crippen molar-refractivity contribution in [2.45, 2.75) is 19.8 Å². The summed E-state index contributed by atoms with van der Waals surface area (Å²) in [7, 11) is 0. The summed E-state index contributed by atoms with van der Waals surface area (Å²) < 4.78 is 25.3. The topological polar surface area (TPSA) is 0 Å². The lowest BCUT2D eigenvalue weighted by molar-refractivity contribution is 0.583. The first-order valence-electron chi connectivity index (χ1n) is 4.35. The number of allylic oxidation sites excluding steroid dienone is 1. The van der Waals surface area contributed by atoms with Crippen LogP contribution in [0.3, 0.4) is 0 Å². The summed E-state index contributed by atoms with van der Waals surface area (Å²) in [5.41, 5.74) is 0.575. The molecule has 0 aromatic heterocycles. The fourth-order valence-electron chi connectivity index (χ4n) is 1.06. The lowest BCUT2D eigenvalue weighted by Gasteiger charge is -1.94. The van der Waals surface area contributed by atoms with Gasteiger partial charge in [0, 0.05) is 6.07 Å². The molecular formula is C11H12F2. The van der Waals surface area contributed by atoms with Gasteiger partial charge in [-0.1, -0.05) is 25.5 Å². The van der Waals surface area contributed by atoms with Crippen molar-refractivity contribution in [2.24, 2.45) is 0 Å². The lowest BCUT2D eigenvalue weighted by Crippen LogP contribution is -1.81. The number of hydrogen-bond acceptors (Lipinski definition) is 0. The second kappa shape index (κ2) is 4.75. The molecule has 0 saturated heterocycles. The van der Waals surface area contributed by atoms with Crippen LogP contribution in [-0.2, 0) is 0 Å². The standard InChI is InChI=1S/C11H12F2/c1-2-3-4-5-9-6-10(12)8-11(13)7-9/h4-8H,2-3H2,1H3. The highest BCUT2D eigenvalue weighted by Gasteiger charge is 1.96. The smallest absolute Gasteiger partial charge is 0.126 e. The summed E-state index contributed by atoms with van der Waals surface area (Å²) in [4.78, 5) is 0. The summed E-state index contributed by atoms with van der Waals surface area (Å²) in [5, 5.41) is 0. The van der Waals surface area contributed by atoms with E-state index in [2.05, 4.69) is 6.92 Å². The van der Waals surface area contributed by atoms with Gasteiger partial charge in [-0.15, -0.1) is 0 Å². The van der Waals surface area contributed by atoms with Gasteiger partial charge in [0.05, 0.1) is 0 Å². The van der Waals surface area contributed by atoms with E-state index in [-0.39, 0.29) is 0 Å². The molecule has 1 aromatic carbocycles. The van der Waals surface area contributed by atoms with E-state index in [1.54, 1.807) is 6.08 Å². The summed E-state index contributed by atoms with van der Waals surface area (Å²) in [6, 6.07) is 3.50. The lowest BCUT2D eigenvalue weighted by atomic mass is 10.2. The van der Waals surface area contributed by atoms with E-state index >= 15 is 0 Å². The van der Waals surface area contributed by atoms with E-state index in [4.69, 9.17) is 0 Å². The zero-order valence-corrected chi connectivity index (χ0v) is 7.56. The van der Waals surface area contributed by atoms with Gasteiger partial charge in [-0.3, -0.25) is 0 Å². The number of benzene rings is 1. The molecule has 0 aliphatic carbocycles. The minimum atomic E-state index is -0.531. The number of rotatable bonds is 3. The Morgan fingerprint density at radius 2 is 1.77 bits per heavy atom. The molecule has 1 rings (SSSR count). The molecule has 70 valence electrons. The minimum absolute atomic E-state index is 0.531. The molecule has 2 heteroatoms. The van der Waals surface area contributed by atoms with Crippen molar-refractivity contribution in [1.29, 1.82) is 0 Å². The monoisotopic (exact) mass is 182 g/mol. The van der Waals surface area contributed by atoms with Crippen molar-refractivity contribution in [3.63, 3.8) is 0 Å². The second-order valence-electron chi connectivity index (χ2n) is 2.89. The van der Waals surface area contributed by atoms with E-state index in [9.17, 15) is 8.78 Å². The summed E-state index contributed by atoms with van der Waals surface area (Å²) in [6.45, 7) is 2.05. The van der Waals surface area contributed by atoms with Crippen LogP contribution in [0.2, 0.25) is 0 Å². The third-order valence-electron chi connectivity index (χ3n) is 1.65. The van der Waals surface area contributed by atoms with Crippen LogP contribution in [0.15, 0.2) is 24.3 Å². The molecule has 0 unspecified atom stereocenters. The highest BCUT2D eigenvalue weighted by atomic mass is 19.1. The molecule has 0 aliphatic rings. The molecule has 0 radical (unpaired) electrons. The maximum Gasteiger partial charge on any atom is 0.126 e. The second-order valence-corrected chi connectivity index (χ2v) is 2.89. The van der Waals surface area contributed by atoms with Gasteiger partial charge in [0.25, 0.3) is 0 Å². The van der Waals surface area contributed by atoms with Crippen LogP contribution in [0.5, 0.6) is 0 Å². The van der Waals surface area contributed by atoms with E-state index in [1.165, 1.54) is 12.1 Å². The maximum atomic E-state index is 12.7. The molecule has 0 spiro atoms. The van der Waals surface area contributed by atoms with Crippen molar-refractivity contribution in [3.8, 4) is 0 Å². The van der Waals surface area contributed by atoms with Crippen molar-refractivity contribution < 1.29 is 8.78 Å². The Morgan fingerprint density at radius 3 is 2.31 bits per heavy atom. The van der Waals surface area contributed by atoms with Gasteiger partial charge >= 0.3 is 0 Å². The van der Waals surface area contributed by atoms with Gasteiger partial charge in [0.2, 0.25) is 0 Å². The average molecular weight is 182 g/mol. The summed E-state index contributed by atoms with van der Waals surface area (Å²) in [5.74, 6) is -1.06. The Hall–Kier alpha value is -1.18. The highest BCUT2D eigenvalue weighted by molar-refractivity contribution is 5.49. The van der Waals surface area contributed by atoms with Gasteiger partial charge in [-0.25, -0.2) is 8.78 Å². The fourth-order valence-corrected chi connectivity index (χ4v) is 1.06. The molecule has 0 fully saturated rings. The van der Waals surface area contributed by atoms with E-state index in [0.717, 1.165) is 18.9 Å². The van der Waals surface area contributed by atoms with Crippen LogP contribution < -0.4 is 0 Å². The van der Waals surface area contributed by atoms with E-state index in [1.807, 2.05) is 6.08 Å². The number of halogens is 2. The van der Waals surface area contributed by atoms with Crippen LogP contribution in [-0.4, -0.2) is 0 Å². The van der Waals surface area contributed by atoms with Crippen LogP contribution in [0.1, 0.15) is 25.3 Å². The Kier molecular flexibility index (Phi) is 3.62. The molecule has 0 saturated carbocycles. The summed E-state index contributed by atoms with van der Waals surface area (Å²) >= 11 is 0. The first-order valence-corrected chi connectivity index (χ1v) is 4.35. The maximum absolute atomic E-state index is 12.7. The molecular weight excluding hydrogens is 170 g/mol. The van der Waals surface area contributed by atoms with Gasteiger partial charge in [0.15, 0.2) is 0 Å².